The van der Waals surface area contributed by atoms with Crippen LogP contribution in [0.3, 0.4) is 0 Å². The maximum Gasteiger partial charge on any atom is 0.241 e. The molecule has 9 heteroatoms. The summed E-state index contributed by atoms with van der Waals surface area (Å²) in [5.41, 5.74) is 3.10. The van der Waals surface area contributed by atoms with Crippen molar-refractivity contribution in [2.75, 3.05) is 26.2 Å². The van der Waals surface area contributed by atoms with Crippen LogP contribution < -0.4 is 15.4 Å². The number of hydrogen-bond donors (Lipinski definition) is 3. The molecular weight excluding hydrogens is 428 g/mol. The van der Waals surface area contributed by atoms with Crippen molar-refractivity contribution in [3.63, 3.8) is 0 Å². The number of nitrogens with zero attached hydrogens (tertiary/aromatic N) is 1. The summed E-state index contributed by atoms with van der Waals surface area (Å²) in [5.74, 6) is -0.941. The van der Waals surface area contributed by atoms with E-state index in [1.807, 2.05) is 31.2 Å². The number of rotatable bonds is 12. The van der Waals surface area contributed by atoms with Crippen molar-refractivity contribution in [3.8, 4) is 0 Å². The van der Waals surface area contributed by atoms with E-state index in [1.165, 1.54) is 17.7 Å². The average Bonchev–Trinajstić information content (AvgIpc) is 2.79. The van der Waals surface area contributed by atoms with Gasteiger partial charge in [-0.3, -0.25) is 14.5 Å². The Kier molecular flexibility index (Phi) is 9.83. The fourth-order valence-corrected chi connectivity index (χ4v) is 3.92. The molecule has 0 heterocycles. The van der Waals surface area contributed by atoms with Crippen LogP contribution in [0, 0.1) is 6.92 Å². The second-order valence-electron chi connectivity index (χ2n) is 7.47. The number of amides is 2. The molecule has 2 aromatic rings. The van der Waals surface area contributed by atoms with E-state index in [9.17, 15) is 18.0 Å². The van der Waals surface area contributed by atoms with E-state index in [2.05, 4.69) is 34.1 Å². The van der Waals surface area contributed by atoms with Gasteiger partial charge in [0.2, 0.25) is 21.8 Å². The Morgan fingerprint density at radius 3 is 1.97 bits per heavy atom. The van der Waals surface area contributed by atoms with E-state index in [0.717, 1.165) is 30.8 Å². The van der Waals surface area contributed by atoms with Crippen molar-refractivity contribution >= 4 is 21.8 Å². The van der Waals surface area contributed by atoms with E-state index in [1.54, 1.807) is 12.1 Å². The van der Waals surface area contributed by atoms with Crippen molar-refractivity contribution in [2.45, 2.75) is 38.8 Å². The minimum atomic E-state index is -3.79. The maximum atomic E-state index is 12.2. The van der Waals surface area contributed by atoms with Crippen LogP contribution >= 0.6 is 0 Å². The number of sulfonamides is 1. The molecule has 0 aromatic heterocycles. The van der Waals surface area contributed by atoms with Gasteiger partial charge in [-0.2, -0.15) is 0 Å². The fourth-order valence-electron chi connectivity index (χ4n) is 2.93. The highest BCUT2D eigenvalue weighted by molar-refractivity contribution is 7.89. The quantitative estimate of drug-likeness (QED) is 0.445. The molecule has 0 atom stereocenters. The first kappa shape index (κ1) is 25.5. The summed E-state index contributed by atoms with van der Waals surface area (Å²) in [7, 11) is -3.79. The van der Waals surface area contributed by atoms with Gasteiger partial charge in [-0.25, -0.2) is 13.1 Å². The third-order valence-corrected chi connectivity index (χ3v) is 6.43. The van der Waals surface area contributed by atoms with Crippen LogP contribution in [0.25, 0.3) is 0 Å². The Morgan fingerprint density at radius 2 is 1.38 bits per heavy atom. The van der Waals surface area contributed by atoms with E-state index in [4.69, 9.17) is 0 Å². The van der Waals surface area contributed by atoms with E-state index < -0.39 is 22.5 Å². The highest BCUT2D eigenvalue weighted by atomic mass is 32.2. The molecule has 0 aliphatic heterocycles. The van der Waals surface area contributed by atoms with Gasteiger partial charge in [0.05, 0.1) is 18.0 Å². The van der Waals surface area contributed by atoms with Gasteiger partial charge in [0.25, 0.3) is 0 Å². The molecule has 3 N–H and O–H groups in total. The van der Waals surface area contributed by atoms with Gasteiger partial charge >= 0.3 is 0 Å². The van der Waals surface area contributed by atoms with Crippen molar-refractivity contribution in [3.05, 3.63) is 65.2 Å². The van der Waals surface area contributed by atoms with Gasteiger partial charge < -0.3 is 10.6 Å². The van der Waals surface area contributed by atoms with Gasteiger partial charge in [-0.1, -0.05) is 55.8 Å². The largest absolute Gasteiger partial charge is 0.350 e. The third kappa shape index (κ3) is 8.41. The van der Waals surface area contributed by atoms with Gasteiger partial charge in [0.15, 0.2) is 0 Å². The molecule has 0 radical (unpaired) electrons. The molecule has 2 rings (SSSR count). The second kappa shape index (κ2) is 12.3. The summed E-state index contributed by atoms with van der Waals surface area (Å²) < 4.78 is 26.6. The highest BCUT2D eigenvalue weighted by Crippen LogP contribution is 2.09. The molecular formula is C23H32N4O4S. The van der Waals surface area contributed by atoms with Gasteiger partial charge in [0, 0.05) is 13.1 Å². The zero-order chi connectivity index (χ0) is 23.6. The van der Waals surface area contributed by atoms with Crippen LogP contribution in [-0.4, -0.2) is 51.3 Å². The summed E-state index contributed by atoms with van der Waals surface area (Å²) in [6.45, 7) is 8.66. The molecule has 32 heavy (non-hydrogen) atoms. The number of carbonyl (C=O) groups excluding carboxylic acids is 2. The molecule has 174 valence electrons. The van der Waals surface area contributed by atoms with Crippen molar-refractivity contribution in [2.24, 2.45) is 0 Å². The molecule has 0 saturated heterocycles. The van der Waals surface area contributed by atoms with E-state index >= 15 is 0 Å². The standard InChI is InChI=1S/C23H32N4O4S/c1-4-27(5-2)17-20-10-8-19(9-11-20)14-24-22(28)15-25-23(29)16-26-32(30,31)21-12-6-18(3)7-13-21/h6-13,26H,4-5,14-17H2,1-3H3,(H,24,28)(H,25,29). The Morgan fingerprint density at radius 1 is 0.812 bits per heavy atom. The summed E-state index contributed by atoms with van der Waals surface area (Å²) >= 11 is 0. The van der Waals surface area contributed by atoms with Crippen LogP contribution in [0.2, 0.25) is 0 Å². The molecule has 8 nitrogen and oxygen atoms in total. The van der Waals surface area contributed by atoms with Crippen LogP contribution in [-0.2, 0) is 32.7 Å². The minimum Gasteiger partial charge on any atom is -0.350 e. The summed E-state index contributed by atoms with van der Waals surface area (Å²) in [5, 5.41) is 5.15. The number of nitrogens with one attached hydrogen (secondary N) is 3. The monoisotopic (exact) mass is 460 g/mol. The number of aryl methyl sites for hydroxylation is 1. The zero-order valence-corrected chi connectivity index (χ0v) is 19.7. The van der Waals surface area contributed by atoms with Crippen molar-refractivity contribution in [1.82, 2.24) is 20.3 Å². The maximum absolute atomic E-state index is 12.2. The van der Waals surface area contributed by atoms with Crippen LogP contribution in [0.1, 0.15) is 30.5 Å². The first-order valence-corrected chi connectivity index (χ1v) is 12.1. The Balaban J connectivity index is 1.71. The minimum absolute atomic E-state index is 0.0803. The molecule has 2 amide bonds. The molecule has 0 unspecified atom stereocenters. The summed E-state index contributed by atoms with van der Waals surface area (Å²) in [6.07, 6.45) is 0. The average molecular weight is 461 g/mol. The van der Waals surface area contributed by atoms with Crippen molar-refractivity contribution in [1.29, 1.82) is 0 Å². The predicted octanol–water partition coefficient (Wildman–Crippen LogP) is 1.55. The van der Waals surface area contributed by atoms with Crippen LogP contribution in [0.4, 0.5) is 0 Å². The second-order valence-corrected chi connectivity index (χ2v) is 9.24. The Hall–Kier alpha value is -2.75. The third-order valence-electron chi connectivity index (χ3n) is 5.01. The van der Waals surface area contributed by atoms with Gasteiger partial charge in [0.1, 0.15) is 0 Å². The number of hydrogen-bond acceptors (Lipinski definition) is 5. The first-order chi connectivity index (χ1) is 15.2. The molecule has 0 saturated carbocycles. The van der Waals surface area contributed by atoms with Crippen LogP contribution in [0.5, 0.6) is 0 Å². The molecule has 0 spiro atoms. The lowest BCUT2D eigenvalue weighted by Gasteiger charge is -2.18. The molecule has 2 aromatic carbocycles. The van der Waals surface area contributed by atoms with Gasteiger partial charge in [-0.05, 0) is 43.3 Å². The van der Waals surface area contributed by atoms with Gasteiger partial charge in [-0.15, -0.1) is 0 Å². The topological polar surface area (TPSA) is 108 Å². The molecule has 0 fully saturated rings. The lowest BCUT2D eigenvalue weighted by Crippen LogP contribution is -2.41. The smallest absolute Gasteiger partial charge is 0.241 e. The lowest BCUT2D eigenvalue weighted by atomic mass is 10.1. The normalized spacial score (nSPS) is 11.4. The zero-order valence-electron chi connectivity index (χ0n) is 18.8. The summed E-state index contributed by atoms with van der Waals surface area (Å²) in [4.78, 5) is 26.3. The fraction of sp³-hybridized carbons (Fsp3) is 0.391. The number of benzene rings is 2. The van der Waals surface area contributed by atoms with E-state index in [-0.39, 0.29) is 17.3 Å². The highest BCUT2D eigenvalue weighted by Gasteiger charge is 2.15. The Labute approximate surface area is 190 Å². The Bertz CT molecular complexity index is 986. The van der Waals surface area contributed by atoms with Crippen molar-refractivity contribution < 1.29 is 18.0 Å². The number of carbonyl (C=O) groups is 2. The van der Waals surface area contributed by atoms with Crippen LogP contribution in [0.15, 0.2) is 53.4 Å². The molecule has 0 aliphatic carbocycles. The lowest BCUT2D eigenvalue weighted by molar-refractivity contribution is -0.125. The predicted molar refractivity (Wildman–Crippen MR) is 124 cm³/mol. The first-order valence-electron chi connectivity index (χ1n) is 10.6. The summed E-state index contributed by atoms with van der Waals surface area (Å²) in [6, 6.07) is 14.3. The SMILES string of the molecule is CCN(CC)Cc1ccc(CNC(=O)CNC(=O)CNS(=O)(=O)c2ccc(C)cc2)cc1. The van der Waals surface area contributed by atoms with E-state index in [0.29, 0.717) is 6.54 Å². The molecule has 0 aliphatic rings. The molecule has 0 bridgehead atoms.